The first-order chi connectivity index (χ1) is 17.8. The summed E-state index contributed by atoms with van der Waals surface area (Å²) in [7, 11) is 0. The Hall–Kier alpha value is -3.39. The fraction of sp³-hybridized carbons (Fsp3) is 0.179. The summed E-state index contributed by atoms with van der Waals surface area (Å²) in [5.41, 5.74) is 4.21. The van der Waals surface area contributed by atoms with Crippen molar-refractivity contribution in [1.29, 1.82) is 0 Å². The molecule has 0 amide bonds. The Morgan fingerprint density at radius 1 is 1.11 bits per heavy atom. The Labute approximate surface area is 227 Å². The number of halogens is 2. The van der Waals surface area contributed by atoms with Gasteiger partial charge in [-0.3, -0.25) is 4.79 Å². The molecule has 2 atom stereocenters. The van der Waals surface area contributed by atoms with Gasteiger partial charge < -0.3 is 10.4 Å². The fourth-order valence-corrected chi connectivity index (χ4v) is 6.72. The van der Waals surface area contributed by atoms with Crippen molar-refractivity contribution in [3.8, 4) is 5.69 Å². The number of carbonyl (C=O) groups excluding carboxylic acids is 1. The number of hydrogen-bond donors (Lipinski definition) is 2. The summed E-state index contributed by atoms with van der Waals surface area (Å²) in [4.78, 5) is 27.0. The minimum atomic E-state index is -1.05. The van der Waals surface area contributed by atoms with E-state index in [1.807, 2.05) is 30.5 Å². The van der Waals surface area contributed by atoms with Crippen LogP contribution in [0.15, 0.2) is 71.2 Å². The molecule has 4 aromatic rings. The number of thiophene rings is 1. The van der Waals surface area contributed by atoms with Crippen LogP contribution in [0.3, 0.4) is 0 Å². The lowest BCUT2D eigenvalue weighted by atomic mass is 9.73. The van der Waals surface area contributed by atoms with Crippen molar-refractivity contribution in [2.75, 3.05) is 5.32 Å². The van der Waals surface area contributed by atoms with Crippen molar-refractivity contribution in [2.45, 2.75) is 31.6 Å². The molecule has 3 heterocycles. The maximum atomic E-state index is 13.8. The maximum Gasteiger partial charge on any atom is 0.337 e. The molecule has 37 heavy (non-hydrogen) atoms. The SMILES string of the molecule is Cc1nn(-c2ccccc2C(=O)O)c2c1[C@H](c1cccc(Cl)c1Cl)C1=C(C[C@H](c3cccs3)CC1=O)N2. The molecule has 0 spiro atoms. The van der Waals surface area contributed by atoms with Gasteiger partial charge in [-0.1, -0.05) is 53.5 Å². The largest absolute Gasteiger partial charge is 0.478 e. The first-order valence-corrected chi connectivity index (χ1v) is 13.4. The number of aromatic carboxylic acids is 1. The highest BCUT2D eigenvalue weighted by Gasteiger charge is 2.42. The average Bonchev–Trinajstić information content (AvgIpc) is 3.53. The normalized spacial score (nSPS) is 18.8. The second-order valence-electron chi connectivity index (χ2n) is 9.22. The molecule has 2 aromatic heterocycles. The van der Waals surface area contributed by atoms with Crippen LogP contribution in [0.4, 0.5) is 5.82 Å². The lowest BCUT2D eigenvalue weighted by molar-refractivity contribution is -0.116. The number of carboxylic acids is 1. The molecular weight excluding hydrogens is 529 g/mol. The molecule has 0 saturated heterocycles. The number of hydrogen-bond acceptors (Lipinski definition) is 5. The third-order valence-corrected chi connectivity index (χ3v) is 8.93. The van der Waals surface area contributed by atoms with Gasteiger partial charge in [0.2, 0.25) is 0 Å². The van der Waals surface area contributed by atoms with E-state index in [-0.39, 0.29) is 17.3 Å². The number of nitrogens with one attached hydrogen (secondary N) is 1. The van der Waals surface area contributed by atoms with Gasteiger partial charge in [-0.15, -0.1) is 11.3 Å². The number of nitrogens with zero attached hydrogens (tertiary/aromatic N) is 2. The van der Waals surface area contributed by atoms with E-state index in [4.69, 9.17) is 28.3 Å². The Bertz CT molecular complexity index is 1610. The van der Waals surface area contributed by atoms with Crippen molar-refractivity contribution in [1.82, 2.24) is 9.78 Å². The van der Waals surface area contributed by atoms with Crippen molar-refractivity contribution in [3.63, 3.8) is 0 Å². The van der Waals surface area contributed by atoms with Gasteiger partial charge in [-0.05, 0) is 48.6 Å². The van der Waals surface area contributed by atoms with Gasteiger partial charge in [-0.25, -0.2) is 9.48 Å². The van der Waals surface area contributed by atoms with E-state index < -0.39 is 11.9 Å². The van der Waals surface area contributed by atoms with E-state index in [0.717, 1.165) is 21.7 Å². The van der Waals surface area contributed by atoms with Gasteiger partial charge in [0.25, 0.3) is 0 Å². The van der Waals surface area contributed by atoms with Crippen LogP contribution in [0.25, 0.3) is 5.69 Å². The molecule has 0 saturated carbocycles. The summed E-state index contributed by atoms with van der Waals surface area (Å²) in [6, 6.07) is 16.2. The van der Waals surface area contributed by atoms with E-state index in [1.54, 1.807) is 46.4 Å². The standard InChI is InChI=1S/C28H21Cl2N3O3S/c1-14-23-24(17-7-4-8-18(29)26(17)30)25-19(12-15(13-21(25)34)22-10-5-11-37-22)31-27(23)33(32-14)20-9-3-2-6-16(20)28(35)36/h2-11,15,24,31H,12-13H2,1H3,(H,35,36)/t15-,24-/m0/s1. The second-order valence-corrected chi connectivity index (χ2v) is 11.0. The number of benzene rings is 2. The number of aryl methyl sites for hydroxylation is 1. The molecule has 1 aliphatic heterocycles. The molecule has 9 heteroatoms. The van der Waals surface area contributed by atoms with Gasteiger partial charge in [-0.2, -0.15) is 5.10 Å². The Morgan fingerprint density at radius 2 is 1.92 bits per heavy atom. The topological polar surface area (TPSA) is 84.2 Å². The third-order valence-electron chi connectivity index (χ3n) is 7.06. The number of anilines is 1. The molecule has 6 rings (SSSR count). The molecular formula is C28H21Cl2N3O3S. The number of allylic oxidation sites excluding steroid dienone is 2. The minimum absolute atomic E-state index is 0.0527. The number of aromatic nitrogens is 2. The highest BCUT2D eigenvalue weighted by atomic mass is 35.5. The molecule has 1 aliphatic carbocycles. The zero-order valence-corrected chi connectivity index (χ0v) is 22.0. The van der Waals surface area contributed by atoms with Crippen LogP contribution in [0.2, 0.25) is 10.0 Å². The lowest BCUT2D eigenvalue weighted by Crippen LogP contribution is -2.30. The Morgan fingerprint density at radius 3 is 2.68 bits per heavy atom. The van der Waals surface area contributed by atoms with Crippen LogP contribution in [0, 0.1) is 6.92 Å². The van der Waals surface area contributed by atoms with Gasteiger partial charge >= 0.3 is 5.97 Å². The zero-order chi connectivity index (χ0) is 25.8. The molecule has 2 aromatic carbocycles. The van der Waals surface area contributed by atoms with E-state index in [9.17, 15) is 14.7 Å². The predicted octanol–water partition coefficient (Wildman–Crippen LogP) is 7.21. The smallest absolute Gasteiger partial charge is 0.337 e. The van der Waals surface area contributed by atoms with Gasteiger partial charge in [0, 0.05) is 40.0 Å². The fourth-order valence-electron chi connectivity index (χ4n) is 5.47. The number of fused-ring (bicyclic) bond motifs is 1. The minimum Gasteiger partial charge on any atom is -0.478 e. The summed E-state index contributed by atoms with van der Waals surface area (Å²) in [5, 5.41) is 20.9. The molecule has 0 fully saturated rings. The van der Waals surface area contributed by atoms with Crippen LogP contribution in [-0.4, -0.2) is 26.6 Å². The molecule has 0 radical (unpaired) electrons. The van der Waals surface area contributed by atoms with Gasteiger partial charge in [0.1, 0.15) is 5.82 Å². The monoisotopic (exact) mass is 549 g/mol. The summed E-state index contributed by atoms with van der Waals surface area (Å²) >= 11 is 14.8. The number of carbonyl (C=O) groups is 2. The van der Waals surface area contributed by atoms with Crippen molar-refractivity contribution in [3.05, 3.63) is 109 Å². The van der Waals surface area contributed by atoms with Crippen molar-refractivity contribution in [2.24, 2.45) is 0 Å². The maximum absolute atomic E-state index is 13.8. The molecule has 2 aliphatic rings. The van der Waals surface area contributed by atoms with Crippen LogP contribution in [-0.2, 0) is 4.79 Å². The quantitative estimate of drug-likeness (QED) is 0.281. The molecule has 0 bridgehead atoms. The summed E-state index contributed by atoms with van der Waals surface area (Å²) < 4.78 is 1.63. The van der Waals surface area contributed by atoms with E-state index in [2.05, 4.69) is 11.4 Å². The number of para-hydroxylation sites is 1. The summed E-state index contributed by atoms with van der Waals surface area (Å²) in [6.45, 7) is 1.86. The third kappa shape index (κ3) is 3.89. The van der Waals surface area contributed by atoms with Crippen LogP contribution >= 0.6 is 34.5 Å². The lowest BCUT2D eigenvalue weighted by Gasteiger charge is -2.35. The number of Topliss-reactive ketones (excluding diaryl/α,β-unsaturated/α-hetero) is 1. The van der Waals surface area contributed by atoms with Crippen LogP contribution in [0.1, 0.15) is 56.7 Å². The van der Waals surface area contributed by atoms with E-state index in [1.165, 1.54) is 0 Å². The highest BCUT2D eigenvalue weighted by Crippen LogP contribution is 2.51. The Balaban J connectivity index is 1.59. The first-order valence-electron chi connectivity index (χ1n) is 11.8. The predicted molar refractivity (Wildman–Crippen MR) is 146 cm³/mol. The van der Waals surface area contributed by atoms with Crippen LogP contribution < -0.4 is 5.32 Å². The van der Waals surface area contributed by atoms with E-state index >= 15 is 0 Å². The second kappa shape index (κ2) is 9.17. The van der Waals surface area contributed by atoms with Crippen molar-refractivity contribution >= 4 is 52.1 Å². The van der Waals surface area contributed by atoms with E-state index in [0.29, 0.717) is 45.7 Å². The van der Waals surface area contributed by atoms with Gasteiger partial charge in [0.15, 0.2) is 5.78 Å². The zero-order valence-electron chi connectivity index (χ0n) is 19.7. The molecule has 0 unspecified atom stereocenters. The summed E-state index contributed by atoms with van der Waals surface area (Å²) in [5.74, 6) is -0.796. The number of carboxylic acid groups (broad SMARTS) is 1. The average molecular weight is 550 g/mol. The summed E-state index contributed by atoms with van der Waals surface area (Å²) in [6.07, 6.45) is 1.04. The van der Waals surface area contributed by atoms with Crippen LogP contribution in [0.5, 0.6) is 0 Å². The Kier molecular flexibility index (Phi) is 5.94. The number of rotatable bonds is 4. The first kappa shape index (κ1) is 24.0. The van der Waals surface area contributed by atoms with Crippen molar-refractivity contribution < 1.29 is 14.7 Å². The molecule has 186 valence electrons. The molecule has 6 nitrogen and oxygen atoms in total. The number of ketones is 1. The van der Waals surface area contributed by atoms with Gasteiger partial charge in [0.05, 0.1) is 27.0 Å². The highest BCUT2D eigenvalue weighted by molar-refractivity contribution is 7.10. The molecule has 2 N–H and O–H groups in total.